The van der Waals surface area contributed by atoms with Crippen LogP contribution in [0.1, 0.15) is 27.7 Å². The van der Waals surface area contributed by atoms with Crippen molar-refractivity contribution in [3.63, 3.8) is 0 Å². The highest BCUT2D eigenvalue weighted by Gasteiger charge is 2.43. The number of rotatable bonds is 11. The summed E-state index contributed by atoms with van der Waals surface area (Å²) in [5, 5.41) is 0. The second-order valence-electron chi connectivity index (χ2n) is 3.74. The molecule has 132 valence electrons. The van der Waals surface area contributed by atoms with Crippen molar-refractivity contribution in [3.8, 4) is 0 Å². The van der Waals surface area contributed by atoms with Crippen LogP contribution < -0.4 is 0 Å². The maximum Gasteiger partial charge on any atom is 0.435 e. The molecule has 0 amide bonds. The third kappa shape index (κ3) is 5.81. The van der Waals surface area contributed by atoms with Crippen molar-refractivity contribution < 1.29 is 27.2 Å². The molecule has 0 fully saturated rings. The standard InChI is InChI=1S/C11H23Cl2NO6P2/c1-6-17-21(15,18-7-2)11(10(12)13)14(5)22(16,19-8-3)20-9-4/h6-9H2,1-5H3. The number of hydrogen-bond donors (Lipinski definition) is 0. The fourth-order valence-electron chi connectivity index (χ4n) is 1.56. The van der Waals surface area contributed by atoms with E-state index in [9.17, 15) is 9.13 Å². The van der Waals surface area contributed by atoms with E-state index >= 15 is 0 Å². The summed E-state index contributed by atoms with van der Waals surface area (Å²) in [6.45, 7) is 6.97. The monoisotopic (exact) mass is 397 g/mol. The summed E-state index contributed by atoms with van der Waals surface area (Å²) in [5.74, 6) is 0. The van der Waals surface area contributed by atoms with Crippen molar-refractivity contribution in [3.05, 3.63) is 9.93 Å². The summed E-state index contributed by atoms with van der Waals surface area (Å²) in [6, 6.07) is 0. The van der Waals surface area contributed by atoms with Crippen molar-refractivity contribution in [1.29, 1.82) is 0 Å². The first-order chi connectivity index (χ1) is 10.2. The second kappa shape index (κ2) is 10.3. The topological polar surface area (TPSA) is 74.3 Å². The maximum absolute atomic E-state index is 12.9. The fraction of sp³-hybridized carbons (Fsp3) is 0.818. The van der Waals surface area contributed by atoms with E-state index in [0.29, 0.717) is 0 Å². The van der Waals surface area contributed by atoms with Gasteiger partial charge in [0.2, 0.25) is 0 Å². The summed E-state index contributed by atoms with van der Waals surface area (Å²) < 4.78 is 47.1. The van der Waals surface area contributed by atoms with E-state index in [-0.39, 0.29) is 31.9 Å². The first-order valence-corrected chi connectivity index (χ1v) is 10.6. The van der Waals surface area contributed by atoms with Crippen LogP contribution in [0.2, 0.25) is 0 Å². The van der Waals surface area contributed by atoms with Gasteiger partial charge in [-0.2, -0.15) is 0 Å². The zero-order chi connectivity index (χ0) is 17.4. The van der Waals surface area contributed by atoms with Gasteiger partial charge in [0.1, 0.15) is 4.49 Å². The van der Waals surface area contributed by atoms with Crippen LogP contribution in [-0.2, 0) is 27.2 Å². The predicted octanol–water partition coefficient (Wildman–Crippen LogP) is 4.97. The summed E-state index contributed by atoms with van der Waals surface area (Å²) in [4.78, 5) is 0. The third-order valence-corrected chi connectivity index (χ3v) is 7.41. The highest BCUT2D eigenvalue weighted by atomic mass is 35.5. The second-order valence-corrected chi connectivity index (χ2v) is 8.68. The lowest BCUT2D eigenvalue weighted by atomic mass is 10.9. The molecule has 0 heterocycles. The van der Waals surface area contributed by atoms with E-state index < -0.39 is 19.8 Å². The lowest BCUT2D eigenvalue weighted by molar-refractivity contribution is 0.181. The molecule has 0 saturated heterocycles. The van der Waals surface area contributed by atoms with Crippen molar-refractivity contribution in [2.75, 3.05) is 33.5 Å². The van der Waals surface area contributed by atoms with E-state index in [4.69, 9.17) is 41.3 Å². The van der Waals surface area contributed by atoms with Gasteiger partial charge in [-0.25, -0.2) is 4.57 Å². The Bertz CT molecular complexity index is 449. The van der Waals surface area contributed by atoms with Gasteiger partial charge in [0.05, 0.1) is 26.4 Å². The molecule has 0 unspecified atom stereocenters. The van der Waals surface area contributed by atoms with Crippen molar-refractivity contribution in [2.45, 2.75) is 27.7 Å². The molecule has 7 nitrogen and oxygen atoms in total. The van der Waals surface area contributed by atoms with Gasteiger partial charge in [-0.05, 0) is 27.7 Å². The molecule has 0 bridgehead atoms. The van der Waals surface area contributed by atoms with Gasteiger partial charge in [-0.3, -0.25) is 18.3 Å². The zero-order valence-electron chi connectivity index (χ0n) is 13.4. The Labute approximate surface area is 142 Å². The van der Waals surface area contributed by atoms with Crippen LogP contribution >= 0.6 is 38.5 Å². The molecule has 0 atom stereocenters. The first-order valence-electron chi connectivity index (χ1n) is 6.80. The molecule has 0 aromatic carbocycles. The molecule has 0 aliphatic heterocycles. The molecule has 0 spiro atoms. The molecule has 0 N–H and O–H groups in total. The van der Waals surface area contributed by atoms with E-state index in [1.807, 2.05) is 0 Å². The first kappa shape index (κ1) is 22.4. The Kier molecular flexibility index (Phi) is 10.5. The van der Waals surface area contributed by atoms with Crippen LogP contribution in [0.25, 0.3) is 0 Å². The van der Waals surface area contributed by atoms with Crippen LogP contribution in [0.4, 0.5) is 0 Å². The number of halogens is 2. The molecule has 0 aromatic heterocycles. The molecule has 0 aliphatic rings. The lowest BCUT2D eigenvalue weighted by Gasteiger charge is -2.32. The quantitative estimate of drug-likeness (QED) is 0.455. The Hall–Kier alpha value is 0.420. The van der Waals surface area contributed by atoms with Crippen LogP contribution in [-0.4, -0.2) is 38.1 Å². The molecule has 0 radical (unpaired) electrons. The number of hydrogen-bond acceptors (Lipinski definition) is 6. The zero-order valence-corrected chi connectivity index (χ0v) is 16.7. The van der Waals surface area contributed by atoms with Gasteiger partial charge < -0.3 is 9.05 Å². The minimum atomic E-state index is -3.88. The largest absolute Gasteiger partial charge is 0.435 e. The van der Waals surface area contributed by atoms with Gasteiger partial charge >= 0.3 is 15.3 Å². The van der Waals surface area contributed by atoms with Crippen LogP contribution in [0.15, 0.2) is 9.93 Å². The summed E-state index contributed by atoms with van der Waals surface area (Å²) in [6.07, 6.45) is 0. The molecule has 0 rings (SSSR count). The Morgan fingerprint density at radius 2 is 1.23 bits per heavy atom. The van der Waals surface area contributed by atoms with Crippen molar-refractivity contribution in [1.82, 2.24) is 4.67 Å². The van der Waals surface area contributed by atoms with Crippen LogP contribution in [0.3, 0.4) is 0 Å². The SMILES string of the molecule is CCOP(=O)(OCC)C(=C(Cl)Cl)N(C)P(=O)(OCC)OCC. The normalized spacial score (nSPS) is 12.3. The van der Waals surface area contributed by atoms with Gasteiger partial charge in [0.25, 0.3) is 0 Å². The number of nitrogens with zero attached hydrogens (tertiary/aromatic N) is 1. The van der Waals surface area contributed by atoms with Gasteiger partial charge in [-0.1, -0.05) is 23.2 Å². The van der Waals surface area contributed by atoms with Gasteiger partial charge in [-0.15, -0.1) is 0 Å². The van der Waals surface area contributed by atoms with Gasteiger partial charge in [0.15, 0.2) is 5.44 Å². The van der Waals surface area contributed by atoms with Crippen molar-refractivity contribution in [2.24, 2.45) is 0 Å². The molecule has 11 heteroatoms. The maximum atomic E-state index is 12.9. The Balaban J connectivity index is 5.90. The Morgan fingerprint density at radius 3 is 1.50 bits per heavy atom. The minimum absolute atomic E-state index is 0.0866. The third-order valence-electron chi connectivity index (χ3n) is 2.28. The smallest absolute Gasteiger partial charge is 0.304 e. The minimum Gasteiger partial charge on any atom is -0.304 e. The average molecular weight is 398 g/mol. The molecule has 0 aliphatic carbocycles. The molecular weight excluding hydrogens is 375 g/mol. The fourth-order valence-corrected chi connectivity index (χ4v) is 6.17. The molecular formula is C11H23Cl2NO6P2. The summed E-state index contributed by atoms with van der Waals surface area (Å²) >= 11 is 11.7. The van der Waals surface area contributed by atoms with E-state index in [1.54, 1.807) is 27.7 Å². The van der Waals surface area contributed by atoms with E-state index in [0.717, 1.165) is 4.67 Å². The molecule has 0 aromatic rings. The predicted molar refractivity (Wildman–Crippen MR) is 88.2 cm³/mol. The van der Waals surface area contributed by atoms with Crippen LogP contribution in [0, 0.1) is 0 Å². The van der Waals surface area contributed by atoms with Crippen molar-refractivity contribution >= 4 is 38.5 Å². The lowest BCUT2D eigenvalue weighted by Crippen LogP contribution is -2.20. The molecule has 22 heavy (non-hydrogen) atoms. The molecule has 0 saturated carbocycles. The highest BCUT2D eigenvalue weighted by molar-refractivity contribution is 7.60. The summed E-state index contributed by atoms with van der Waals surface area (Å²) in [5.41, 5.74) is -0.259. The van der Waals surface area contributed by atoms with E-state index in [2.05, 4.69) is 0 Å². The van der Waals surface area contributed by atoms with Crippen LogP contribution in [0.5, 0.6) is 0 Å². The highest BCUT2D eigenvalue weighted by Crippen LogP contribution is 2.66. The summed E-state index contributed by atoms with van der Waals surface area (Å²) in [7, 11) is -6.32. The van der Waals surface area contributed by atoms with E-state index in [1.165, 1.54) is 7.05 Å². The average Bonchev–Trinajstić information content (AvgIpc) is 2.39. The Morgan fingerprint density at radius 1 is 0.864 bits per heavy atom. The van der Waals surface area contributed by atoms with Gasteiger partial charge in [0, 0.05) is 7.05 Å².